The summed E-state index contributed by atoms with van der Waals surface area (Å²) in [5, 5.41) is 6.41. The molecule has 0 aromatic heterocycles. The summed E-state index contributed by atoms with van der Waals surface area (Å²) < 4.78 is 0. The maximum Gasteiger partial charge on any atom is 0.241 e. The third-order valence-corrected chi connectivity index (χ3v) is 5.28. The van der Waals surface area contributed by atoms with E-state index in [2.05, 4.69) is 15.8 Å². The van der Waals surface area contributed by atoms with Gasteiger partial charge in [-0.1, -0.05) is 30.3 Å². The average molecular weight is 353 g/mol. The molecule has 0 saturated heterocycles. The van der Waals surface area contributed by atoms with Crippen LogP contribution in [0.3, 0.4) is 0 Å². The van der Waals surface area contributed by atoms with Gasteiger partial charge in [-0.05, 0) is 37.1 Å². The minimum absolute atomic E-state index is 0.0783. The van der Waals surface area contributed by atoms with Gasteiger partial charge in [0.05, 0.1) is 17.2 Å². The van der Waals surface area contributed by atoms with Crippen LogP contribution in [0.5, 0.6) is 0 Å². The summed E-state index contributed by atoms with van der Waals surface area (Å²) in [7, 11) is 0. The Hall–Kier alpha value is -2.60. The molecule has 2 aromatic rings. The van der Waals surface area contributed by atoms with Crippen LogP contribution in [0.1, 0.15) is 23.1 Å². The molecule has 128 valence electrons. The number of rotatable bonds is 4. The van der Waals surface area contributed by atoms with E-state index in [1.165, 1.54) is 11.8 Å². The zero-order valence-electron chi connectivity index (χ0n) is 14.1. The second kappa shape index (κ2) is 7.53. The van der Waals surface area contributed by atoms with Crippen LogP contribution in [0, 0.1) is 13.8 Å². The number of nitrogens with one attached hydrogen (secondary N) is 2. The molecule has 0 bridgehead atoms. The number of fused-ring (bicyclic) bond motifs is 1. The first-order valence-electron chi connectivity index (χ1n) is 7.99. The molecule has 3 rings (SSSR count). The van der Waals surface area contributed by atoms with Crippen molar-refractivity contribution < 1.29 is 9.59 Å². The van der Waals surface area contributed by atoms with Crippen LogP contribution in [0.25, 0.3) is 0 Å². The first-order valence-corrected chi connectivity index (χ1v) is 8.87. The first-order chi connectivity index (χ1) is 12.0. The first kappa shape index (κ1) is 17.2. The molecular weight excluding hydrogens is 334 g/mol. The number of carbonyl (C=O) groups is 2. The minimum Gasteiger partial charge on any atom is -0.324 e. The standard InChI is InChI=1S/C19H19N3O2S/c1-12-6-5-7-13(2)14(12)11-20-22-18(23)10-17-19(24)21-15-8-3-4-9-16(15)25-17/h3-9,11,17H,10H2,1-2H3,(H,21,24)(H,22,23)/b20-11-/t17-/m1/s1. The topological polar surface area (TPSA) is 70.6 Å². The van der Waals surface area contributed by atoms with E-state index in [0.717, 1.165) is 27.3 Å². The molecule has 0 radical (unpaired) electrons. The lowest BCUT2D eigenvalue weighted by molar-refractivity contribution is -0.124. The number of benzene rings is 2. The van der Waals surface area contributed by atoms with Crippen LogP contribution in [0.2, 0.25) is 0 Å². The van der Waals surface area contributed by atoms with Crippen molar-refractivity contribution in [3.63, 3.8) is 0 Å². The minimum atomic E-state index is -0.453. The van der Waals surface area contributed by atoms with Crippen molar-refractivity contribution in [1.82, 2.24) is 5.43 Å². The fraction of sp³-hybridized carbons (Fsp3) is 0.211. The molecule has 0 spiro atoms. The van der Waals surface area contributed by atoms with Gasteiger partial charge in [0.15, 0.2) is 0 Å². The highest BCUT2D eigenvalue weighted by atomic mass is 32.2. The third-order valence-electron chi connectivity index (χ3n) is 4.00. The number of hydrazone groups is 1. The van der Waals surface area contributed by atoms with Crippen LogP contribution in [0.15, 0.2) is 52.5 Å². The van der Waals surface area contributed by atoms with Gasteiger partial charge in [-0.3, -0.25) is 9.59 Å². The monoisotopic (exact) mass is 353 g/mol. The Morgan fingerprint density at radius 2 is 1.92 bits per heavy atom. The molecule has 25 heavy (non-hydrogen) atoms. The van der Waals surface area contributed by atoms with E-state index in [-0.39, 0.29) is 18.2 Å². The van der Waals surface area contributed by atoms with Gasteiger partial charge in [0.2, 0.25) is 11.8 Å². The Labute approximate surface area is 150 Å². The summed E-state index contributed by atoms with van der Waals surface area (Å²) >= 11 is 1.40. The molecule has 1 heterocycles. The van der Waals surface area contributed by atoms with Crippen LogP contribution in [0.4, 0.5) is 5.69 Å². The lowest BCUT2D eigenvalue weighted by Gasteiger charge is -2.23. The molecule has 6 heteroatoms. The van der Waals surface area contributed by atoms with E-state index >= 15 is 0 Å². The van der Waals surface area contributed by atoms with Crippen molar-refractivity contribution in [3.8, 4) is 0 Å². The van der Waals surface area contributed by atoms with Crippen LogP contribution < -0.4 is 10.7 Å². The molecule has 0 unspecified atom stereocenters. The van der Waals surface area contributed by atoms with E-state index in [1.54, 1.807) is 6.21 Å². The number of aryl methyl sites for hydroxylation is 2. The Bertz CT molecular complexity index is 828. The average Bonchev–Trinajstić information content (AvgIpc) is 2.58. The Morgan fingerprint density at radius 1 is 1.20 bits per heavy atom. The van der Waals surface area contributed by atoms with E-state index in [0.29, 0.717) is 0 Å². The van der Waals surface area contributed by atoms with Crippen LogP contribution in [-0.2, 0) is 9.59 Å². The van der Waals surface area contributed by atoms with Crippen molar-refractivity contribution in [1.29, 1.82) is 0 Å². The molecule has 1 aliphatic rings. The van der Waals surface area contributed by atoms with Gasteiger partial charge >= 0.3 is 0 Å². The van der Waals surface area contributed by atoms with Crippen molar-refractivity contribution >= 4 is 35.5 Å². The van der Waals surface area contributed by atoms with Gasteiger partial charge in [0.1, 0.15) is 0 Å². The highest BCUT2D eigenvalue weighted by molar-refractivity contribution is 8.01. The van der Waals surface area contributed by atoms with Gasteiger partial charge in [-0.2, -0.15) is 5.10 Å². The number of nitrogens with zero attached hydrogens (tertiary/aromatic N) is 1. The summed E-state index contributed by atoms with van der Waals surface area (Å²) in [6.45, 7) is 3.99. The molecular formula is C19H19N3O2S. The zero-order chi connectivity index (χ0) is 17.8. The van der Waals surface area contributed by atoms with Crippen molar-refractivity contribution in [2.45, 2.75) is 30.4 Å². The maximum absolute atomic E-state index is 12.1. The predicted molar refractivity (Wildman–Crippen MR) is 101 cm³/mol. The Balaban J connectivity index is 1.60. The Morgan fingerprint density at radius 3 is 2.68 bits per heavy atom. The molecule has 1 aliphatic heterocycles. The third kappa shape index (κ3) is 4.09. The smallest absolute Gasteiger partial charge is 0.241 e. The number of thioether (sulfide) groups is 1. The largest absolute Gasteiger partial charge is 0.324 e. The summed E-state index contributed by atoms with van der Waals surface area (Å²) in [4.78, 5) is 25.2. The summed E-state index contributed by atoms with van der Waals surface area (Å²) in [5.74, 6) is -0.438. The van der Waals surface area contributed by atoms with E-state index in [4.69, 9.17) is 0 Å². The van der Waals surface area contributed by atoms with E-state index in [1.807, 2.05) is 56.3 Å². The normalized spacial score (nSPS) is 16.4. The second-order valence-electron chi connectivity index (χ2n) is 5.89. The van der Waals surface area contributed by atoms with Gasteiger partial charge in [0, 0.05) is 16.9 Å². The number of hydrogen-bond acceptors (Lipinski definition) is 4. The maximum atomic E-state index is 12.1. The molecule has 0 saturated carbocycles. The molecule has 5 nitrogen and oxygen atoms in total. The van der Waals surface area contributed by atoms with Gasteiger partial charge in [-0.25, -0.2) is 5.43 Å². The SMILES string of the molecule is Cc1cccc(C)c1/C=N\NC(=O)C[C@H]1Sc2ccccc2NC1=O. The van der Waals surface area contributed by atoms with Gasteiger partial charge in [-0.15, -0.1) is 11.8 Å². The Kier molecular flexibility index (Phi) is 5.19. The fourth-order valence-corrected chi connectivity index (χ4v) is 3.75. The lowest BCUT2D eigenvalue weighted by Crippen LogP contribution is -2.33. The van der Waals surface area contributed by atoms with E-state index in [9.17, 15) is 9.59 Å². The van der Waals surface area contributed by atoms with Crippen LogP contribution >= 0.6 is 11.8 Å². The molecule has 2 amide bonds. The van der Waals surface area contributed by atoms with Crippen molar-refractivity contribution in [2.75, 3.05) is 5.32 Å². The second-order valence-corrected chi connectivity index (χ2v) is 7.14. The molecule has 2 aromatic carbocycles. The van der Waals surface area contributed by atoms with Crippen molar-refractivity contribution in [3.05, 3.63) is 59.2 Å². The zero-order valence-corrected chi connectivity index (χ0v) is 14.9. The summed E-state index contributed by atoms with van der Waals surface area (Å²) in [5.41, 5.74) is 6.48. The van der Waals surface area contributed by atoms with E-state index < -0.39 is 5.25 Å². The molecule has 0 aliphatic carbocycles. The molecule has 1 atom stereocenters. The number of para-hydroxylation sites is 1. The van der Waals surface area contributed by atoms with Gasteiger partial charge < -0.3 is 5.32 Å². The molecule has 2 N–H and O–H groups in total. The summed E-state index contributed by atoms with van der Waals surface area (Å²) in [6, 6.07) is 13.5. The highest BCUT2D eigenvalue weighted by Gasteiger charge is 2.28. The number of hydrogen-bond donors (Lipinski definition) is 2. The summed E-state index contributed by atoms with van der Waals surface area (Å²) in [6.07, 6.45) is 1.72. The predicted octanol–water partition coefficient (Wildman–Crippen LogP) is 3.26. The van der Waals surface area contributed by atoms with Crippen LogP contribution in [-0.4, -0.2) is 23.3 Å². The number of amides is 2. The number of anilines is 1. The highest BCUT2D eigenvalue weighted by Crippen LogP contribution is 2.36. The lowest BCUT2D eigenvalue weighted by atomic mass is 10.0. The fourth-order valence-electron chi connectivity index (χ4n) is 2.64. The quantitative estimate of drug-likeness (QED) is 0.655. The van der Waals surface area contributed by atoms with Crippen molar-refractivity contribution in [2.24, 2.45) is 5.10 Å². The molecule has 0 fully saturated rings. The van der Waals surface area contributed by atoms with Gasteiger partial charge in [0.25, 0.3) is 0 Å². The number of carbonyl (C=O) groups excluding carboxylic acids is 2.